The highest BCUT2D eigenvalue weighted by molar-refractivity contribution is 7.09. The number of fused-ring (bicyclic) bond motifs is 1. The Morgan fingerprint density at radius 1 is 1.27 bits per heavy atom. The van der Waals surface area contributed by atoms with Gasteiger partial charge in [0.2, 0.25) is 5.91 Å². The van der Waals surface area contributed by atoms with E-state index in [1.807, 2.05) is 0 Å². The number of nitrogens with one attached hydrogen (secondary N) is 2. The molecule has 158 valence electrons. The molecular weight excluding hydrogens is 445 g/mol. The molecule has 1 aromatic carbocycles. The molecule has 1 aromatic heterocycles. The van der Waals surface area contributed by atoms with E-state index in [-0.39, 0.29) is 31.8 Å². The topological polar surface area (TPSA) is 91.4 Å². The van der Waals surface area contributed by atoms with Crippen molar-refractivity contribution < 1.29 is 27.6 Å². The van der Waals surface area contributed by atoms with Gasteiger partial charge in [-0.25, -0.2) is 9.78 Å². The predicted molar refractivity (Wildman–Crippen MR) is 100 cm³/mol. The highest BCUT2D eigenvalue weighted by Gasteiger charge is 2.50. The Kier molecular flexibility index (Phi) is 4.97. The van der Waals surface area contributed by atoms with Crippen molar-refractivity contribution in [3.8, 4) is 0 Å². The van der Waals surface area contributed by atoms with Crippen LogP contribution in [0, 0.1) is 0 Å². The van der Waals surface area contributed by atoms with Crippen LogP contribution in [0.25, 0.3) is 0 Å². The maximum atomic E-state index is 13.1. The molecule has 0 bridgehead atoms. The summed E-state index contributed by atoms with van der Waals surface area (Å²) >= 11 is 6.93. The Hall–Kier alpha value is -2.66. The Labute approximate surface area is 177 Å². The molecule has 0 aliphatic carbocycles. The number of amides is 4. The highest BCUT2D eigenvalue weighted by Crippen LogP contribution is 2.39. The van der Waals surface area contributed by atoms with Crippen LogP contribution in [-0.4, -0.2) is 27.7 Å². The molecular formula is C18H14ClF3N4O3S. The van der Waals surface area contributed by atoms with Gasteiger partial charge in [-0.05, 0) is 29.7 Å². The van der Waals surface area contributed by atoms with Crippen LogP contribution in [0.15, 0.2) is 23.7 Å². The minimum atomic E-state index is -4.59. The van der Waals surface area contributed by atoms with Crippen molar-refractivity contribution >= 4 is 40.8 Å². The number of carbonyl (C=O) groups excluding carboxylic acids is 3. The van der Waals surface area contributed by atoms with Crippen LogP contribution < -0.4 is 10.6 Å². The van der Waals surface area contributed by atoms with Gasteiger partial charge in [-0.15, -0.1) is 11.3 Å². The van der Waals surface area contributed by atoms with Gasteiger partial charge in [0.05, 0.1) is 10.6 Å². The molecule has 30 heavy (non-hydrogen) atoms. The summed E-state index contributed by atoms with van der Waals surface area (Å²) in [4.78, 5) is 42.3. The number of thiazole rings is 1. The van der Waals surface area contributed by atoms with Gasteiger partial charge < -0.3 is 10.2 Å². The number of imide groups is 1. The first kappa shape index (κ1) is 20.6. The number of hydrogen-bond acceptors (Lipinski definition) is 5. The lowest BCUT2D eigenvalue weighted by molar-refractivity contribution is -0.137. The molecule has 2 aliphatic rings. The van der Waals surface area contributed by atoms with E-state index in [0.29, 0.717) is 16.1 Å². The van der Waals surface area contributed by atoms with Crippen molar-refractivity contribution in [1.29, 1.82) is 0 Å². The third kappa shape index (κ3) is 3.52. The zero-order valence-electron chi connectivity index (χ0n) is 15.2. The van der Waals surface area contributed by atoms with Crippen molar-refractivity contribution in [2.45, 2.75) is 37.6 Å². The summed E-state index contributed by atoms with van der Waals surface area (Å²) in [6.07, 6.45) is -3.24. The minimum absolute atomic E-state index is 0.0111. The fraction of sp³-hybridized carbons (Fsp3) is 0.333. The zero-order valence-corrected chi connectivity index (χ0v) is 16.7. The van der Waals surface area contributed by atoms with Gasteiger partial charge in [-0.3, -0.25) is 14.9 Å². The van der Waals surface area contributed by atoms with E-state index >= 15 is 0 Å². The second kappa shape index (κ2) is 7.24. The standard InChI is InChI=1S/C18H14ClF3N4O3S/c19-12-6-10-8-26(7-9(10)5-11(12)18(20,21)22)13(27)1-2-17(15-23-3-4-30-15)14(28)24-16(29)25-17/h3-6H,1-2,7-8H2,(H2,24,25,28,29)/t17-/m1/s1. The van der Waals surface area contributed by atoms with E-state index in [0.717, 1.165) is 6.07 Å². The van der Waals surface area contributed by atoms with Crippen LogP contribution in [0.1, 0.15) is 34.5 Å². The number of carbonyl (C=O) groups is 3. The number of alkyl halides is 3. The molecule has 0 spiro atoms. The molecule has 12 heteroatoms. The molecule has 1 fully saturated rings. The molecule has 2 aromatic rings. The summed E-state index contributed by atoms with van der Waals surface area (Å²) in [5, 5.41) is 6.30. The number of aromatic nitrogens is 1. The third-order valence-electron chi connectivity index (χ3n) is 5.12. The Morgan fingerprint density at radius 3 is 2.53 bits per heavy atom. The first-order valence-electron chi connectivity index (χ1n) is 8.80. The first-order chi connectivity index (χ1) is 14.1. The van der Waals surface area contributed by atoms with Crippen LogP contribution in [-0.2, 0) is 34.4 Å². The minimum Gasteiger partial charge on any atom is -0.334 e. The number of benzene rings is 1. The van der Waals surface area contributed by atoms with Gasteiger partial charge in [0, 0.05) is 31.1 Å². The molecule has 7 nitrogen and oxygen atoms in total. The van der Waals surface area contributed by atoms with Gasteiger partial charge in [0.15, 0.2) is 5.54 Å². The van der Waals surface area contributed by atoms with Gasteiger partial charge in [-0.2, -0.15) is 13.2 Å². The summed E-state index contributed by atoms with van der Waals surface area (Å²) in [7, 11) is 0. The molecule has 0 radical (unpaired) electrons. The molecule has 1 saturated heterocycles. The predicted octanol–water partition coefficient (Wildman–Crippen LogP) is 3.17. The fourth-order valence-electron chi connectivity index (χ4n) is 3.63. The van der Waals surface area contributed by atoms with Gasteiger partial charge in [0.1, 0.15) is 5.01 Å². The average molecular weight is 459 g/mol. The van der Waals surface area contributed by atoms with Crippen molar-refractivity contribution in [2.75, 3.05) is 0 Å². The summed E-state index contributed by atoms with van der Waals surface area (Å²) in [6, 6.07) is 1.52. The van der Waals surface area contributed by atoms with Crippen molar-refractivity contribution in [3.05, 3.63) is 50.4 Å². The summed E-state index contributed by atoms with van der Waals surface area (Å²) in [5.41, 5.74) is -1.46. The molecule has 4 rings (SSSR count). The van der Waals surface area contributed by atoms with Gasteiger partial charge in [0.25, 0.3) is 5.91 Å². The van der Waals surface area contributed by atoms with Crippen molar-refractivity contribution in [1.82, 2.24) is 20.5 Å². The molecule has 1 atom stereocenters. The van der Waals surface area contributed by atoms with Crippen LogP contribution >= 0.6 is 22.9 Å². The van der Waals surface area contributed by atoms with Gasteiger partial charge >= 0.3 is 12.2 Å². The van der Waals surface area contributed by atoms with Crippen molar-refractivity contribution in [3.63, 3.8) is 0 Å². The highest BCUT2D eigenvalue weighted by atomic mass is 35.5. The molecule has 4 amide bonds. The monoisotopic (exact) mass is 458 g/mol. The van der Waals surface area contributed by atoms with Crippen LogP contribution in [0.3, 0.4) is 0 Å². The summed E-state index contributed by atoms with van der Waals surface area (Å²) < 4.78 is 39.2. The lowest BCUT2D eigenvalue weighted by atomic mass is 9.94. The van der Waals surface area contributed by atoms with Crippen molar-refractivity contribution in [2.24, 2.45) is 0 Å². The lowest BCUT2D eigenvalue weighted by Crippen LogP contribution is -2.44. The van der Waals surface area contributed by atoms with E-state index in [4.69, 9.17) is 11.6 Å². The number of hydrogen-bond donors (Lipinski definition) is 2. The van der Waals surface area contributed by atoms with Crippen LogP contribution in [0.2, 0.25) is 5.02 Å². The number of nitrogens with zero attached hydrogens (tertiary/aromatic N) is 2. The lowest BCUT2D eigenvalue weighted by Gasteiger charge is -2.24. The number of rotatable bonds is 4. The van der Waals surface area contributed by atoms with E-state index < -0.39 is 34.2 Å². The van der Waals surface area contributed by atoms with E-state index in [2.05, 4.69) is 15.6 Å². The second-order valence-electron chi connectivity index (χ2n) is 7.00. The Morgan fingerprint density at radius 2 is 1.97 bits per heavy atom. The van der Waals surface area contributed by atoms with Crippen LogP contribution in [0.4, 0.5) is 18.0 Å². The van der Waals surface area contributed by atoms with E-state index in [9.17, 15) is 27.6 Å². The van der Waals surface area contributed by atoms with E-state index in [1.165, 1.54) is 28.5 Å². The number of halogens is 4. The maximum absolute atomic E-state index is 13.1. The molecule has 3 heterocycles. The Bertz CT molecular complexity index is 1040. The zero-order chi connectivity index (χ0) is 21.7. The summed E-state index contributed by atoms with van der Waals surface area (Å²) in [6.45, 7) is 0.131. The Balaban J connectivity index is 1.49. The quantitative estimate of drug-likeness (QED) is 0.688. The molecule has 0 saturated carbocycles. The third-order valence-corrected chi connectivity index (χ3v) is 6.37. The van der Waals surface area contributed by atoms with Crippen LogP contribution in [0.5, 0.6) is 0 Å². The first-order valence-corrected chi connectivity index (χ1v) is 10.1. The molecule has 2 aliphatic heterocycles. The fourth-order valence-corrected chi connectivity index (χ4v) is 4.74. The molecule has 2 N–H and O–H groups in total. The average Bonchev–Trinajstić information content (AvgIpc) is 3.37. The second-order valence-corrected chi connectivity index (χ2v) is 8.30. The largest absolute Gasteiger partial charge is 0.417 e. The van der Waals surface area contributed by atoms with Gasteiger partial charge in [-0.1, -0.05) is 11.6 Å². The smallest absolute Gasteiger partial charge is 0.334 e. The maximum Gasteiger partial charge on any atom is 0.417 e. The van der Waals surface area contributed by atoms with E-state index in [1.54, 1.807) is 5.38 Å². The molecule has 0 unspecified atom stereocenters. The summed E-state index contributed by atoms with van der Waals surface area (Å²) in [5.74, 6) is -0.956. The SMILES string of the molecule is O=C1NC(=O)[C@](CCC(=O)N2Cc3cc(Cl)c(C(F)(F)F)cc3C2)(c2nccs2)N1. The number of urea groups is 1. The normalized spacial score (nSPS) is 20.9.